The number of benzene rings is 2. The topological polar surface area (TPSA) is 146 Å². The number of H-pyrrole nitrogens is 1. The van der Waals surface area contributed by atoms with Gasteiger partial charge in [-0.3, -0.25) is 15.3 Å². The second-order valence-corrected chi connectivity index (χ2v) is 8.31. The molecule has 0 saturated carbocycles. The van der Waals surface area contributed by atoms with Crippen molar-refractivity contribution in [1.82, 2.24) is 15.2 Å². The molecule has 2 aromatic carbocycles. The van der Waals surface area contributed by atoms with Crippen LogP contribution in [0, 0.1) is 28.7 Å². The summed E-state index contributed by atoms with van der Waals surface area (Å²) in [5.74, 6) is 1.22. The highest BCUT2D eigenvalue weighted by molar-refractivity contribution is 5.91. The molecule has 0 saturated heterocycles. The molecule has 0 aliphatic carbocycles. The highest BCUT2D eigenvalue weighted by Gasteiger charge is 2.30. The number of nitrogens with one attached hydrogen (secondary N) is 2. The molecule has 0 unspecified atom stereocenters. The van der Waals surface area contributed by atoms with Gasteiger partial charge in [-0.15, -0.1) is 12.4 Å². The van der Waals surface area contributed by atoms with Crippen LogP contribution < -0.4 is 5.73 Å². The number of hydrogen-bond acceptors (Lipinski definition) is 7. The SMILES string of the molecule is CC(C)(C#N)C(=O)CN.COC(=N)c1ccccc1.Cl.[C-]#[N+]C(C)(C)c1nc(-c2ccccc2)n[nH]1. The molecule has 0 aliphatic rings. The first-order valence-corrected chi connectivity index (χ1v) is 10.7. The summed E-state index contributed by atoms with van der Waals surface area (Å²) in [4.78, 5) is 18.6. The van der Waals surface area contributed by atoms with Crippen LogP contribution in [0.1, 0.15) is 39.1 Å². The normalized spacial score (nSPS) is 10.0. The van der Waals surface area contributed by atoms with Crippen molar-refractivity contribution in [3.05, 3.63) is 83.5 Å². The summed E-state index contributed by atoms with van der Waals surface area (Å²) in [5, 5.41) is 22.6. The van der Waals surface area contributed by atoms with E-state index >= 15 is 0 Å². The average molecular weight is 510 g/mol. The van der Waals surface area contributed by atoms with Gasteiger partial charge in [0, 0.05) is 25.0 Å². The lowest BCUT2D eigenvalue weighted by atomic mass is 9.90. The van der Waals surface area contributed by atoms with E-state index < -0.39 is 11.0 Å². The largest absolute Gasteiger partial charge is 0.481 e. The van der Waals surface area contributed by atoms with Gasteiger partial charge in [0.25, 0.3) is 5.54 Å². The van der Waals surface area contributed by atoms with Crippen molar-refractivity contribution in [2.24, 2.45) is 11.1 Å². The summed E-state index contributed by atoms with van der Waals surface area (Å²) >= 11 is 0. The van der Waals surface area contributed by atoms with E-state index in [1.807, 2.05) is 80.6 Å². The Bertz CT molecular complexity index is 1180. The Kier molecular flexibility index (Phi) is 13.4. The van der Waals surface area contributed by atoms with Gasteiger partial charge in [-0.2, -0.15) is 10.4 Å². The molecule has 0 radical (unpaired) electrons. The van der Waals surface area contributed by atoms with Gasteiger partial charge in [0.2, 0.25) is 11.7 Å². The van der Waals surface area contributed by atoms with Gasteiger partial charge in [-0.05, 0) is 26.0 Å². The van der Waals surface area contributed by atoms with Crippen LogP contribution in [0.3, 0.4) is 0 Å². The molecule has 0 spiro atoms. The molecule has 3 aromatic rings. The van der Waals surface area contributed by atoms with Crippen LogP contribution in [0.2, 0.25) is 0 Å². The molecule has 0 bridgehead atoms. The number of nitriles is 1. The molecular weight excluding hydrogens is 478 g/mol. The second kappa shape index (κ2) is 15.0. The van der Waals surface area contributed by atoms with Gasteiger partial charge in [-0.1, -0.05) is 48.5 Å². The highest BCUT2D eigenvalue weighted by atomic mass is 35.5. The molecule has 0 amide bonds. The number of aromatic amines is 1. The zero-order valence-electron chi connectivity index (χ0n) is 21.1. The number of halogens is 1. The van der Waals surface area contributed by atoms with Crippen LogP contribution in [0.25, 0.3) is 16.2 Å². The zero-order chi connectivity index (χ0) is 26.5. The predicted molar refractivity (Wildman–Crippen MR) is 142 cm³/mol. The van der Waals surface area contributed by atoms with Crippen molar-refractivity contribution in [2.75, 3.05) is 13.7 Å². The minimum atomic E-state index is -0.908. The van der Waals surface area contributed by atoms with E-state index in [1.165, 1.54) is 7.11 Å². The number of hydrogen-bond donors (Lipinski definition) is 3. The Morgan fingerprint density at radius 3 is 2.08 bits per heavy atom. The number of aromatic nitrogens is 3. The Balaban J connectivity index is 0.000000536. The fraction of sp³-hybridized carbons (Fsp3) is 0.308. The molecule has 1 aromatic heterocycles. The van der Waals surface area contributed by atoms with E-state index in [2.05, 4.69) is 20.0 Å². The molecule has 3 rings (SSSR count). The maximum absolute atomic E-state index is 10.7. The van der Waals surface area contributed by atoms with E-state index in [0.29, 0.717) is 11.6 Å². The number of rotatable bonds is 5. The van der Waals surface area contributed by atoms with Gasteiger partial charge in [-0.25, -0.2) is 11.6 Å². The minimum Gasteiger partial charge on any atom is -0.481 e. The fourth-order valence-corrected chi connectivity index (χ4v) is 2.33. The molecule has 190 valence electrons. The van der Waals surface area contributed by atoms with Crippen molar-refractivity contribution in [3.8, 4) is 17.5 Å². The van der Waals surface area contributed by atoms with Crippen LogP contribution in [0.15, 0.2) is 60.7 Å². The number of carbonyl (C=O) groups excluding carboxylic acids is 1. The van der Waals surface area contributed by atoms with Crippen molar-refractivity contribution < 1.29 is 9.53 Å². The number of carbonyl (C=O) groups is 1. The van der Waals surface area contributed by atoms with Gasteiger partial charge in [0.15, 0.2) is 11.6 Å². The summed E-state index contributed by atoms with van der Waals surface area (Å²) in [6.45, 7) is 13.8. The zero-order valence-corrected chi connectivity index (χ0v) is 21.9. The number of nitrogens with zero attached hydrogens (tertiary/aromatic N) is 4. The van der Waals surface area contributed by atoms with Gasteiger partial charge < -0.3 is 15.3 Å². The van der Waals surface area contributed by atoms with Crippen molar-refractivity contribution in [2.45, 2.75) is 33.2 Å². The van der Waals surface area contributed by atoms with Crippen molar-refractivity contribution in [1.29, 1.82) is 10.7 Å². The van der Waals surface area contributed by atoms with Gasteiger partial charge >= 0.3 is 0 Å². The van der Waals surface area contributed by atoms with Crippen LogP contribution in [0.5, 0.6) is 0 Å². The molecule has 10 heteroatoms. The van der Waals surface area contributed by atoms with Crippen molar-refractivity contribution >= 4 is 24.1 Å². The Morgan fingerprint density at radius 2 is 1.67 bits per heavy atom. The number of ketones is 1. The Morgan fingerprint density at radius 1 is 1.14 bits per heavy atom. The monoisotopic (exact) mass is 509 g/mol. The number of Topliss-reactive ketones (excluding diaryl/α,β-unsaturated/α-hetero) is 1. The number of nitrogens with two attached hydrogens (primary N) is 1. The molecular formula is C26H32ClN7O2. The molecule has 0 fully saturated rings. The van der Waals surface area contributed by atoms with E-state index in [-0.39, 0.29) is 30.6 Å². The number of methoxy groups -OCH3 is 1. The lowest BCUT2D eigenvalue weighted by Crippen LogP contribution is -2.29. The van der Waals surface area contributed by atoms with E-state index in [4.69, 9.17) is 27.7 Å². The second-order valence-electron chi connectivity index (χ2n) is 8.31. The van der Waals surface area contributed by atoms with Crippen molar-refractivity contribution in [3.63, 3.8) is 0 Å². The average Bonchev–Trinajstić information content (AvgIpc) is 3.41. The van der Waals surface area contributed by atoms with Gasteiger partial charge in [0.05, 0.1) is 19.7 Å². The lowest BCUT2D eigenvalue weighted by molar-refractivity contribution is -0.123. The summed E-state index contributed by atoms with van der Waals surface area (Å²) < 4.78 is 4.72. The fourth-order valence-electron chi connectivity index (χ4n) is 2.33. The third-order valence-electron chi connectivity index (χ3n) is 4.78. The van der Waals surface area contributed by atoms with Crippen LogP contribution in [0.4, 0.5) is 0 Å². The number of ether oxygens (including phenoxy) is 1. The predicted octanol–water partition coefficient (Wildman–Crippen LogP) is 4.77. The minimum absolute atomic E-state index is 0. The molecule has 1 heterocycles. The summed E-state index contributed by atoms with van der Waals surface area (Å²) in [5.41, 5.74) is 5.23. The summed E-state index contributed by atoms with van der Waals surface area (Å²) in [6.07, 6.45) is 0. The smallest absolute Gasteiger partial charge is 0.284 e. The lowest BCUT2D eigenvalue weighted by Gasteiger charge is -2.10. The standard InChI is InChI=1S/C12H12N4.C8H9NO.C6H10N2O.ClH/c1-12(2,13-3)11-14-10(15-16-11)9-7-5-4-6-8-9;1-10-8(9)7-5-3-2-4-6-7;1-6(2,4-8)5(9)3-7;/h4-8H,1-2H3,(H,14,15,16);2-6,9H,1H3;3,7H2,1-2H3;1H. The molecule has 0 atom stereocenters. The third-order valence-corrected chi connectivity index (χ3v) is 4.78. The summed E-state index contributed by atoms with van der Waals surface area (Å²) in [7, 11) is 1.50. The van der Waals surface area contributed by atoms with E-state index in [1.54, 1.807) is 13.8 Å². The Hall–Kier alpha value is -4.05. The maximum Gasteiger partial charge on any atom is 0.284 e. The van der Waals surface area contributed by atoms with E-state index in [0.717, 1.165) is 11.1 Å². The van der Waals surface area contributed by atoms with E-state index in [9.17, 15) is 4.79 Å². The first-order valence-electron chi connectivity index (χ1n) is 10.7. The summed E-state index contributed by atoms with van der Waals surface area (Å²) in [6, 6.07) is 20.9. The molecule has 0 aliphatic heterocycles. The first kappa shape index (κ1) is 32.0. The quantitative estimate of drug-likeness (QED) is 0.256. The maximum atomic E-state index is 10.7. The molecule has 4 N–H and O–H groups in total. The molecule has 9 nitrogen and oxygen atoms in total. The Labute approximate surface area is 218 Å². The van der Waals surface area contributed by atoms with Crippen LogP contribution >= 0.6 is 12.4 Å². The highest BCUT2D eigenvalue weighted by Crippen LogP contribution is 2.23. The first-order chi connectivity index (χ1) is 16.5. The third kappa shape index (κ3) is 9.67. The molecule has 36 heavy (non-hydrogen) atoms. The van der Waals surface area contributed by atoms with Gasteiger partial charge in [0.1, 0.15) is 5.41 Å². The van der Waals surface area contributed by atoms with Crippen LogP contribution in [-0.4, -0.2) is 40.5 Å². The van der Waals surface area contributed by atoms with Crippen LogP contribution in [-0.2, 0) is 15.1 Å².